The van der Waals surface area contributed by atoms with Gasteiger partial charge in [0.15, 0.2) is 0 Å². The van der Waals surface area contributed by atoms with Gasteiger partial charge >= 0.3 is 7.12 Å². The largest absolute Gasteiger partial charge is 0.494 e. The van der Waals surface area contributed by atoms with E-state index in [9.17, 15) is 4.21 Å². The number of benzene rings is 1. The second-order valence-corrected chi connectivity index (χ2v) is 7.50. The molecule has 1 heterocycles. The van der Waals surface area contributed by atoms with Crippen molar-refractivity contribution in [2.45, 2.75) is 50.7 Å². The first-order chi connectivity index (χ1) is 8.62. The second-order valence-electron chi connectivity index (χ2n) is 6.12. The van der Waals surface area contributed by atoms with Gasteiger partial charge in [-0.15, -0.1) is 0 Å². The summed E-state index contributed by atoms with van der Waals surface area (Å²) in [5, 5.41) is 0. The molecule has 0 radical (unpaired) electrons. The Morgan fingerprint density at radius 2 is 1.58 bits per heavy atom. The SMILES string of the molecule is Cc1cc(B2OC(C)(C)C(C)(C)O2)cc(S(C)=O)c1. The Balaban J connectivity index is 2.37. The molecule has 1 aliphatic rings. The third kappa shape index (κ3) is 2.78. The Morgan fingerprint density at radius 3 is 2.05 bits per heavy atom. The van der Waals surface area contributed by atoms with E-state index in [2.05, 4.69) is 0 Å². The molecule has 19 heavy (non-hydrogen) atoms. The van der Waals surface area contributed by atoms with E-state index in [1.54, 1.807) is 6.26 Å². The van der Waals surface area contributed by atoms with Gasteiger partial charge in [-0.1, -0.05) is 11.6 Å². The Morgan fingerprint density at radius 1 is 1.05 bits per heavy atom. The maximum absolute atomic E-state index is 11.6. The van der Waals surface area contributed by atoms with Crippen molar-refractivity contribution in [2.24, 2.45) is 0 Å². The third-order valence-electron chi connectivity index (χ3n) is 3.93. The molecular formula is C14H21BO3S. The lowest BCUT2D eigenvalue weighted by molar-refractivity contribution is 0.00578. The van der Waals surface area contributed by atoms with E-state index in [1.807, 2.05) is 52.8 Å². The molecule has 2 rings (SSSR count). The van der Waals surface area contributed by atoms with E-state index < -0.39 is 17.9 Å². The van der Waals surface area contributed by atoms with Crippen LogP contribution < -0.4 is 5.46 Å². The fraction of sp³-hybridized carbons (Fsp3) is 0.571. The topological polar surface area (TPSA) is 35.5 Å². The first-order valence-corrected chi connectivity index (χ1v) is 7.99. The molecule has 1 unspecified atom stereocenters. The van der Waals surface area contributed by atoms with Crippen LogP contribution in [0.25, 0.3) is 0 Å². The van der Waals surface area contributed by atoms with Crippen LogP contribution in [0.15, 0.2) is 23.1 Å². The fourth-order valence-electron chi connectivity index (χ4n) is 2.06. The van der Waals surface area contributed by atoms with Crippen LogP contribution in [0.1, 0.15) is 33.3 Å². The van der Waals surface area contributed by atoms with Crippen LogP contribution in [0.4, 0.5) is 0 Å². The van der Waals surface area contributed by atoms with Gasteiger partial charge in [-0.2, -0.15) is 0 Å². The molecule has 1 atom stereocenters. The van der Waals surface area contributed by atoms with Gasteiger partial charge in [0.05, 0.1) is 11.2 Å². The van der Waals surface area contributed by atoms with Crippen molar-refractivity contribution < 1.29 is 13.5 Å². The Bertz CT molecular complexity index is 509. The Labute approximate surface area is 118 Å². The van der Waals surface area contributed by atoms with E-state index >= 15 is 0 Å². The van der Waals surface area contributed by atoms with Gasteiger partial charge in [-0.05, 0) is 52.2 Å². The summed E-state index contributed by atoms with van der Waals surface area (Å²) in [4.78, 5) is 0.810. The minimum atomic E-state index is -0.999. The highest BCUT2D eigenvalue weighted by molar-refractivity contribution is 7.84. The molecule has 104 valence electrons. The molecule has 1 aromatic rings. The molecule has 0 bridgehead atoms. The highest BCUT2D eigenvalue weighted by Crippen LogP contribution is 2.36. The average Bonchev–Trinajstić information content (AvgIpc) is 2.47. The highest BCUT2D eigenvalue weighted by atomic mass is 32.2. The number of hydrogen-bond acceptors (Lipinski definition) is 3. The molecule has 0 aliphatic carbocycles. The zero-order chi connectivity index (χ0) is 14.4. The summed E-state index contributed by atoms with van der Waals surface area (Å²) in [6.07, 6.45) is 1.68. The standard InChI is InChI=1S/C14H21BO3S/c1-10-7-11(9-12(8-10)19(6)16)15-17-13(2,3)14(4,5)18-15/h7-9H,1-6H3. The quantitative estimate of drug-likeness (QED) is 0.778. The molecule has 0 spiro atoms. The molecule has 1 aromatic carbocycles. The number of aryl methyl sites for hydroxylation is 1. The van der Waals surface area contributed by atoms with Gasteiger partial charge in [-0.25, -0.2) is 0 Å². The number of rotatable bonds is 2. The molecule has 1 fully saturated rings. The van der Waals surface area contributed by atoms with E-state index in [1.165, 1.54) is 0 Å². The lowest BCUT2D eigenvalue weighted by atomic mass is 9.78. The smallest absolute Gasteiger partial charge is 0.399 e. The summed E-state index contributed by atoms with van der Waals surface area (Å²) in [7, 11) is -1.40. The molecule has 5 heteroatoms. The van der Waals surface area contributed by atoms with E-state index in [0.717, 1.165) is 15.9 Å². The predicted molar refractivity (Wildman–Crippen MR) is 79.2 cm³/mol. The zero-order valence-corrected chi connectivity index (χ0v) is 13.3. The van der Waals surface area contributed by atoms with Crippen LogP contribution in [-0.4, -0.2) is 28.8 Å². The van der Waals surface area contributed by atoms with Gasteiger partial charge in [0, 0.05) is 22.0 Å². The van der Waals surface area contributed by atoms with Crippen LogP contribution in [0.2, 0.25) is 0 Å². The average molecular weight is 280 g/mol. The van der Waals surface area contributed by atoms with Crippen molar-refractivity contribution in [1.82, 2.24) is 0 Å². The molecule has 1 saturated heterocycles. The van der Waals surface area contributed by atoms with E-state index in [0.29, 0.717) is 0 Å². The summed E-state index contributed by atoms with van der Waals surface area (Å²) in [5.74, 6) is 0. The summed E-state index contributed by atoms with van der Waals surface area (Å²) in [5.41, 5.74) is 1.29. The van der Waals surface area contributed by atoms with Crippen molar-refractivity contribution in [3.05, 3.63) is 23.8 Å². The fourth-order valence-corrected chi connectivity index (χ4v) is 2.71. The number of hydrogen-bond donors (Lipinski definition) is 0. The Hall–Kier alpha value is -0.645. The van der Waals surface area contributed by atoms with Crippen molar-refractivity contribution in [2.75, 3.05) is 6.26 Å². The van der Waals surface area contributed by atoms with Gasteiger partial charge < -0.3 is 9.31 Å². The van der Waals surface area contributed by atoms with Crippen molar-refractivity contribution in [3.8, 4) is 0 Å². The molecular weight excluding hydrogens is 259 g/mol. The minimum Gasteiger partial charge on any atom is -0.399 e. The van der Waals surface area contributed by atoms with Gasteiger partial charge in [0.25, 0.3) is 0 Å². The van der Waals surface area contributed by atoms with Crippen LogP contribution in [0.3, 0.4) is 0 Å². The minimum absolute atomic E-state index is 0.354. The lowest BCUT2D eigenvalue weighted by Crippen LogP contribution is -2.41. The molecule has 0 saturated carbocycles. The van der Waals surface area contributed by atoms with Crippen LogP contribution in [-0.2, 0) is 20.1 Å². The van der Waals surface area contributed by atoms with Crippen LogP contribution in [0.5, 0.6) is 0 Å². The summed E-state index contributed by atoms with van der Waals surface area (Å²) >= 11 is 0. The van der Waals surface area contributed by atoms with Crippen molar-refractivity contribution in [1.29, 1.82) is 0 Å². The monoisotopic (exact) mass is 280 g/mol. The maximum Gasteiger partial charge on any atom is 0.494 e. The third-order valence-corrected chi connectivity index (χ3v) is 4.83. The van der Waals surface area contributed by atoms with Gasteiger partial charge in [0.1, 0.15) is 0 Å². The molecule has 0 amide bonds. The molecule has 0 aromatic heterocycles. The molecule has 1 aliphatic heterocycles. The highest BCUT2D eigenvalue weighted by Gasteiger charge is 2.51. The Kier molecular flexibility index (Phi) is 3.67. The van der Waals surface area contributed by atoms with Crippen molar-refractivity contribution >= 4 is 23.4 Å². The first-order valence-electron chi connectivity index (χ1n) is 6.43. The van der Waals surface area contributed by atoms with Gasteiger partial charge in [0.2, 0.25) is 0 Å². The maximum atomic E-state index is 11.6. The van der Waals surface area contributed by atoms with E-state index in [-0.39, 0.29) is 11.2 Å². The second kappa shape index (κ2) is 4.72. The molecule has 3 nitrogen and oxygen atoms in total. The normalized spacial score (nSPS) is 22.5. The van der Waals surface area contributed by atoms with Gasteiger partial charge in [-0.3, -0.25) is 4.21 Å². The zero-order valence-electron chi connectivity index (χ0n) is 12.4. The predicted octanol–water partition coefficient (Wildman–Crippen LogP) is 2.03. The summed E-state index contributed by atoms with van der Waals surface area (Å²) in [6.45, 7) is 10.1. The van der Waals surface area contributed by atoms with Crippen molar-refractivity contribution in [3.63, 3.8) is 0 Å². The summed E-state index contributed by atoms with van der Waals surface area (Å²) in [6, 6.07) is 5.87. The van der Waals surface area contributed by atoms with Crippen LogP contribution in [0, 0.1) is 6.92 Å². The lowest BCUT2D eigenvalue weighted by Gasteiger charge is -2.32. The van der Waals surface area contributed by atoms with E-state index in [4.69, 9.17) is 9.31 Å². The molecule has 0 N–H and O–H groups in total. The first kappa shape index (κ1) is 14.8. The summed E-state index contributed by atoms with van der Waals surface area (Å²) < 4.78 is 23.7. The van der Waals surface area contributed by atoms with Crippen LogP contribution >= 0.6 is 0 Å².